The standard InChI is InChI=1S/C18H30N4O/c1-4-6-17(20)16(5-2)13-18(15(3)14-19)21-7-8-22-9-11-23-12-10-22/h5-6,13-14,19,21H,3-4,7-12,20H2,1-2H3/b16-5+,17-6-,18-13+,19-14?. The molecule has 1 saturated heterocycles. The van der Waals surface area contributed by atoms with Crippen molar-refractivity contribution in [1.82, 2.24) is 10.2 Å². The second-order valence-corrected chi connectivity index (χ2v) is 5.42. The lowest BCUT2D eigenvalue weighted by atomic mass is 10.1. The van der Waals surface area contributed by atoms with Gasteiger partial charge in [-0.25, -0.2) is 0 Å². The molecule has 5 heteroatoms. The third-order valence-corrected chi connectivity index (χ3v) is 3.74. The van der Waals surface area contributed by atoms with Gasteiger partial charge in [0.15, 0.2) is 0 Å². The van der Waals surface area contributed by atoms with Gasteiger partial charge in [0.1, 0.15) is 0 Å². The molecular formula is C18H30N4O. The lowest BCUT2D eigenvalue weighted by Gasteiger charge is -2.27. The van der Waals surface area contributed by atoms with Gasteiger partial charge < -0.3 is 21.2 Å². The van der Waals surface area contributed by atoms with E-state index in [0.717, 1.165) is 62.8 Å². The summed E-state index contributed by atoms with van der Waals surface area (Å²) in [5.41, 5.74) is 9.27. The molecule has 1 heterocycles. The van der Waals surface area contributed by atoms with Crippen molar-refractivity contribution in [2.75, 3.05) is 39.4 Å². The number of hydrogen-bond donors (Lipinski definition) is 3. The van der Waals surface area contributed by atoms with Crippen LogP contribution in [0.15, 0.2) is 47.3 Å². The molecule has 0 aromatic rings. The van der Waals surface area contributed by atoms with Crippen LogP contribution in [-0.2, 0) is 4.74 Å². The highest BCUT2D eigenvalue weighted by atomic mass is 16.5. The van der Waals surface area contributed by atoms with E-state index >= 15 is 0 Å². The normalized spacial score (nSPS) is 17.9. The fraction of sp³-hybridized carbons (Fsp3) is 0.500. The van der Waals surface area contributed by atoms with Crippen molar-refractivity contribution >= 4 is 6.21 Å². The fourth-order valence-electron chi connectivity index (χ4n) is 2.34. The first-order valence-electron chi connectivity index (χ1n) is 8.20. The lowest BCUT2D eigenvalue weighted by molar-refractivity contribution is 0.0387. The Balaban J connectivity index is 2.71. The third kappa shape index (κ3) is 6.84. The summed E-state index contributed by atoms with van der Waals surface area (Å²) in [6.45, 7) is 13.2. The number of hydrogen-bond acceptors (Lipinski definition) is 5. The maximum atomic E-state index is 7.46. The van der Waals surface area contributed by atoms with E-state index in [9.17, 15) is 0 Å². The van der Waals surface area contributed by atoms with Crippen LogP contribution < -0.4 is 11.1 Å². The molecular weight excluding hydrogens is 288 g/mol. The minimum absolute atomic E-state index is 0.649. The van der Waals surface area contributed by atoms with Crippen LogP contribution in [0.2, 0.25) is 0 Å². The highest BCUT2D eigenvalue weighted by Gasteiger charge is 2.10. The molecule has 0 aromatic carbocycles. The van der Waals surface area contributed by atoms with Crippen LogP contribution in [-0.4, -0.2) is 50.5 Å². The van der Waals surface area contributed by atoms with Crippen LogP contribution in [0.25, 0.3) is 0 Å². The van der Waals surface area contributed by atoms with Crippen molar-refractivity contribution in [3.8, 4) is 0 Å². The lowest BCUT2D eigenvalue weighted by Crippen LogP contribution is -2.40. The number of allylic oxidation sites excluding steroid dienone is 4. The molecule has 0 bridgehead atoms. The quantitative estimate of drug-likeness (QED) is 0.450. The molecule has 0 radical (unpaired) electrons. The smallest absolute Gasteiger partial charge is 0.0594 e. The highest BCUT2D eigenvalue weighted by molar-refractivity contribution is 5.81. The molecule has 0 aliphatic carbocycles. The second-order valence-electron chi connectivity index (χ2n) is 5.42. The van der Waals surface area contributed by atoms with Crippen LogP contribution in [0.3, 0.4) is 0 Å². The van der Waals surface area contributed by atoms with Gasteiger partial charge in [0.05, 0.1) is 13.2 Å². The van der Waals surface area contributed by atoms with Crippen molar-refractivity contribution in [1.29, 1.82) is 5.41 Å². The molecule has 4 N–H and O–H groups in total. The first kappa shape index (κ1) is 19.2. The van der Waals surface area contributed by atoms with Gasteiger partial charge in [-0.15, -0.1) is 0 Å². The molecule has 0 saturated carbocycles. The number of nitrogens with two attached hydrogens (primary N) is 1. The Morgan fingerprint density at radius 3 is 2.65 bits per heavy atom. The topological polar surface area (TPSA) is 74.4 Å². The van der Waals surface area contributed by atoms with Crippen LogP contribution in [0, 0.1) is 5.41 Å². The van der Waals surface area contributed by atoms with Crippen LogP contribution in [0.4, 0.5) is 0 Å². The monoisotopic (exact) mass is 318 g/mol. The summed E-state index contributed by atoms with van der Waals surface area (Å²) in [5.74, 6) is 0. The number of rotatable bonds is 9. The van der Waals surface area contributed by atoms with E-state index in [1.54, 1.807) is 0 Å². The van der Waals surface area contributed by atoms with E-state index in [-0.39, 0.29) is 0 Å². The molecule has 1 fully saturated rings. The molecule has 1 aliphatic heterocycles. The number of nitrogens with one attached hydrogen (secondary N) is 2. The maximum Gasteiger partial charge on any atom is 0.0594 e. The van der Waals surface area contributed by atoms with E-state index < -0.39 is 0 Å². The predicted molar refractivity (Wildman–Crippen MR) is 97.6 cm³/mol. The molecule has 128 valence electrons. The van der Waals surface area contributed by atoms with Gasteiger partial charge in [-0.3, -0.25) is 4.90 Å². The number of nitrogens with zero attached hydrogens (tertiary/aromatic N) is 1. The van der Waals surface area contributed by atoms with E-state index in [0.29, 0.717) is 5.57 Å². The zero-order chi connectivity index (χ0) is 17.1. The Labute approximate surface area is 140 Å². The van der Waals surface area contributed by atoms with E-state index in [2.05, 4.69) is 23.7 Å². The molecule has 0 amide bonds. The minimum Gasteiger partial charge on any atom is -0.399 e. The fourth-order valence-corrected chi connectivity index (χ4v) is 2.34. The van der Waals surface area contributed by atoms with E-state index in [1.807, 2.05) is 25.2 Å². The zero-order valence-corrected chi connectivity index (χ0v) is 14.4. The van der Waals surface area contributed by atoms with Gasteiger partial charge in [0.2, 0.25) is 0 Å². The Bertz CT molecular complexity index is 485. The van der Waals surface area contributed by atoms with Crippen molar-refractivity contribution < 1.29 is 4.74 Å². The molecule has 0 aromatic heterocycles. The van der Waals surface area contributed by atoms with Gasteiger partial charge in [-0.05, 0) is 25.0 Å². The van der Waals surface area contributed by atoms with Gasteiger partial charge in [0.25, 0.3) is 0 Å². The Kier molecular flexibility index (Phi) is 9.02. The predicted octanol–water partition coefficient (Wildman–Crippen LogP) is 2.20. The Hall–Kier alpha value is -1.85. The molecule has 0 unspecified atom stereocenters. The Morgan fingerprint density at radius 1 is 1.39 bits per heavy atom. The molecule has 23 heavy (non-hydrogen) atoms. The van der Waals surface area contributed by atoms with Gasteiger partial charge >= 0.3 is 0 Å². The van der Waals surface area contributed by atoms with Gasteiger partial charge in [-0.2, -0.15) is 0 Å². The minimum atomic E-state index is 0.649. The summed E-state index contributed by atoms with van der Waals surface area (Å²) in [6.07, 6.45) is 8.09. The third-order valence-electron chi connectivity index (χ3n) is 3.74. The first-order valence-corrected chi connectivity index (χ1v) is 8.20. The number of ether oxygens (including phenoxy) is 1. The average molecular weight is 318 g/mol. The number of morpholine rings is 1. The van der Waals surface area contributed by atoms with Crippen molar-refractivity contribution in [3.63, 3.8) is 0 Å². The van der Waals surface area contributed by atoms with Crippen molar-refractivity contribution in [2.45, 2.75) is 20.3 Å². The first-order chi connectivity index (χ1) is 11.1. The van der Waals surface area contributed by atoms with Gasteiger partial charge in [0, 0.05) is 49.4 Å². The summed E-state index contributed by atoms with van der Waals surface area (Å²) < 4.78 is 5.35. The van der Waals surface area contributed by atoms with E-state index in [1.165, 1.54) is 6.21 Å². The molecule has 1 rings (SSSR count). The summed E-state index contributed by atoms with van der Waals surface area (Å²) in [4.78, 5) is 2.36. The maximum absolute atomic E-state index is 7.46. The summed E-state index contributed by atoms with van der Waals surface area (Å²) >= 11 is 0. The Morgan fingerprint density at radius 2 is 2.09 bits per heavy atom. The summed E-state index contributed by atoms with van der Waals surface area (Å²) in [7, 11) is 0. The second kappa shape index (κ2) is 10.8. The summed E-state index contributed by atoms with van der Waals surface area (Å²) in [6, 6.07) is 0. The highest BCUT2D eigenvalue weighted by Crippen LogP contribution is 2.12. The van der Waals surface area contributed by atoms with Crippen molar-refractivity contribution in [2.24, 2.45) is 5.73 Å². The molecule has 0 spiro atoms. The van der Waals surface area contributed by atoms with Crippen LogP contribution in [0.5, 0.6) is 0 Å². The largest absolute Gasteiger partial charge is 0.399 e. The molecule has 0 atom stereocenters. The molecule has 1 aliphatic rings. The average Bonchev–Trinajstić information content (AvgIpc) is 2.58. The van der Waals surface area contributed by atoms with Crippen LogP contribution in [0.1, 0.15) is 20.3 Å². The van der Waals surface area contributed by atoms with Crippen molar-refractivity contribution in [3.05, 3.63) is 47.3 Å². The van der Waals surface area contributed by atoms with Crippen LogP contribution >= 0.6 is 0 Å². The zero-order valence-electron chi connectivity index (χ0n) is 14.4. The summed E-state index contributed by atoms with van der Waals surface area (Å²) in [5, 5.41) is 10.8. The molecule has 5 nitrogen and oxygen atoms in total. The van der Waals surface area contributed by atoms with Gasteiger partial charge in [-0.1, -0.05) is 25.7 Å². The van der Waals surface area contributed by atoms with E-state index in [4.69, 9.17) is 15.9 Å². The SMILES string of the molecule is C=C(C=N)\C(=C/C(=C\C)C(/N)=C/CC)NCCN1CCOCC1.